The predicted molar refractivity (Wildman–Crippen MR) is 94.8 cm³/mol. The van der Waals surface area contributed by atoms with Gasteiger partial charge >= 0.3 is 0 Å². The first-order chi connectivity index (χ1) is 12.4. The van der Waals surface area contributed by atoms with Crippen LogP contribution in [0.25, 0.3) is 0 Å². The standard InChI is InChI=1S/C19H23FN4O2/c1-22(2)18(26)19(24-11-3-10-21-24)8-12-23(13-9-19)17(25)14-15-4-6-16(20)7-5-15/h3-7,10-11H,8-9,12-14H2,1-2H3. The molecule has 2 heterocycles. The minimum atomic E-state index is -0.750. The molecule has 0 radical (unpaired) electrons. The molecule has 0 atom stereocenters. The minimum Gasteiger partial charge on any atom is -0.347 e. The number of carbonyl (C=O) groups excluding carboxylic acids is 2. The Morgan fingerprint density at radius 2 is 1.85 bits per heavy atom. The zero-order valence-corrected chi connectivity index (χ0v) is 15.1. The molecule has 1 aromatic heterocycles. The Balaban J connectivity index is 1.70. The molecule has 6 nitrogen and oxygen atoms in total. The van der Waals surface area contributed by atoms with E-state index in [1.807, 2.05) is 0 Å². The topological polar surface area (TPSA) is 58.4 Å². The van der Waals surface area contributed by atoms with Crippen LogP contribution in [0.5, 0.6) is 0 Å². The van der Waals surface area contributed by atoms with Gasteiger partial charge in [0.1, 0.15) is 11.4 Å². The van der Waals surface area contributed by atoms with Crippen LogP contribution in [-0.4, -0.2) is 58.6 Å². The number of likely N-dealkylation sites (tertiary alicyclic amines) is 1. The van der Waals surface area contributed by atoms with E-state index in [0.717, 1.165) is 5.56 Å². The highest BCUT2D eigenvalue weighted by Crippen LogP contribution is 2.31. The molecule has 3 rings (SSSR count). The number of halogens is 1. The number of rotatable bonds is 4. The zero-order chi connectivity index (χ0) is 18.7. The fraction of sp³-hybridized carbons (Fsp3) is 0.421. The summed E-state index contributed by atoms with van der Waals surface area (Å²) >= 11 is 0. The minimum absolute atomic E-state index is 0.00756. The molecule has 26 heavy (non-hydrogen) atoms. The maximum Gasteiger partial charge on any atom is 0.250 e. The van der Waals surface area contributed by atoms with E-state index in [2.05, 4.69) is 5.10 Å². The van der Waals surface area contributed by atoms with Crippen molar-refractivity contribution in [2.24, 2.45) is 0 Å². The third kappa shape index (κ3) is 3.47. The van der Waals surface area contributed by atoms with Gasteiger partial charge in [0.2, 0.25) is 11.8 Å². The summed E-state index contributed by atoms with van der Waals surface area (Å²) in [7, 11) is 3.47. The second-order valence-corrected chi connectivity index (χ2v) is 6.87. The summed E-state index contributed by atoms with van der Waals surface area (Å²) < 4.78 is 14.7. The number of piperidine rings is 1. The quantitative estimate of drug-likeness (QED) is 0.835. The summed E-state index contributed by atoms with van der Waals surface area (Å²) in [4.78, 5) is 28.8. The number of hydrogen-bond acceptors (Lipinski definition) is 3. The fourth-order valence-electron chi connectivity index (χ4n) is 3.49. The molecule has 1 aliphatic heterocycles. The van der Waals surface area contributed by atoms with Gasteiger partial charge in [0.15, 0.2) is 0 Å². The van der Waals surface area contributed by atoms with Crippen LogP contribution in [-0.2, 0) is 21.5 Å². The Kier molecular flexibility index (Phi) is 5.06. The Morgan fingerprint density at radius 1 is 1.19 bits per heavy atom. The molecule has 2 aromatic rings. The van der Waals surface area contributed by atoms with E-state index in [4.69, 9.17) is 0 Å². The molecule has 1 saturated heterocycles. The maximum atomic E-state index is 13.0. The molecule has 0 spiro atoms. The normalized spacial score (nSPS) is 16.3. The molecule has 0 bridgehead atoms. The highest BCUT2D eigenvalue weighted by Gasteiger charge is 2.45. The molecule has 0 aliphatic carbocycles. The van der Waals surface area contributed by atoms with Gasteiger partial charge < -0.3 is 9.80 Å². The smallest absolute Gasteiger partial charge is 0.250 e. The average molecular weight is 358 g/mol. The van der Waals surface area contributed by atoms with Crippen LogP contribution in [0, 0.1) is 5.82 Å². The molecule has 0 saturated carbocycles. The monoisotopic (exact) mass is 358 g/mol. The third-order valence-corrected chi connectivity index (χ3v) is 4.96. The zero-order valence-electron chi connectivity index (χ0n) is 15.1. The SMILES string of the molecule is CN(C)C(=O)C1(n2cccn2)CCN(C(=O)Cc2ccc(F)cc2)CC1. The number of benzene rings is 1. The van der Waals surface area contributed by atoms with Gasteiger partial charge in [-0.25, -0.2) is 4.39 Å². The molecule has 0 unspecified atom stereocenters. The lowest BCUT2D eigenvalue weighted by Crippen LogP contribution is -2.56. The van der Waals surface area contributed by atoms with Crippen molar-refractivity contribution in [3.8, 4) is 0 Å². The second kappa shape index (κ2) is 7.27. The maximum absolute atomic E-state index is 13.0. The lowest BCUT2D eigenvalue weighted by atomic mass is 9.86. The molecule has 0 N–H and O–H groups in total. The van der Waals surface area contributed by atoms with Gasteiger partial charge in [-0.1, -0.05) is 12.1 Å². The Morgan fingerprint density at radius 3 is 2.38 bits per heavy atom. The van der Waals surface area contributed by atoms with Gasteiger partial charge in [-0.05, 0) is 36.6 Å². The lowest BCUT2D eigenvalue weighted by Gasteiger charge is -2.42. The van der Waals surface area contributed by atoms with E-state index in [1.54, 1.807) is 59.2 Å². The van der Waals surface area contributed by atoms with Crippen molar-refractivity contribution in [2.75, 3.05) is 27.2 Å². The average Bonchev–Trinajstić information content (AvgIpc) is 3.18. The highest BCUT2D eigenvalue weighted by atomic mass is 19.1. The molecule has 1 aliphatic rings. The van der Waals surface area contributed by atoms with E-state index in [-0.39, 0.29) is 24.1 Å². The number of carbonyl (C=O) groups is 2. The number of hydrogen-bond donors (Lipinski definition) is 0. The van der Waals surface area contributed by atoms with Crippen molar-refractivity contribution in [2.45, 2.75) is 24.8 Å². The summed E-state index contributed by atoms with van der Waals surface area (Å²) in [6.07, 6.45) is 4.73. The van der Waals surface area contributed by atoms with Gasteiger partial charge in [-0.2, -0.15) is 5.10 Å². The highest BCUT2D eigenvalue weighted by molar-refractivity contribution is 5.85. The molecular weight excluding hydrogens is 335 g/mol. The summed E-state index contributed by atoms with van der Waals surface area (Å²) in [5.41, 5.74) is 0.0318. The largest absolute Gasteiger partial charge is 0.347 e. The Hall–Kier alpha value is -2.70. The predicted octanol–water partition coefficient (Wildman–Crippen LogP) is 1.67. The molecule has 138 valence electrons. The molecular formula is C19H23FN4O2. The number of nitrogens with zero attached hydrogens (tertiary/aromatic N) is 4. The number of likely N-dealkylation sites (N-methyl/N-ethyl adjacent to an activating group) is 1. The van der Waals surface area contributed by atoms with Crippen molar-refractivity contribution in [1.82, 2.24) is 19.6 Å². The van der Waals surface area contributed by atoms with Crippen LogP contribution >= 0.6 is 0 Å². The van der Waals surface area contributed by atoms with Crippen LogP contribution in [0.4, 0.5) is 4.39 Å². The Labute approximate surface area is 152 Å². The third-order valence-electron chi connectivity index (χ3n) is 4.96. The van der Waals surface area contributed by atoms with Gasteiger partial charge in [-0.15, -0.1) is 0 Å². The van der Waals surface area contributed by atoms with Crippen LogP contribution in [0.2, 0.25) is 0 Å². The Bertz CT molecular complexity index is 763. The van der Waals surface area contributed by atoms with Crippen molar-refractivity contribution in [1.29, 1.82) is 0 Å². The van der Waals surface area contributed by atoms with Crippen LogP contribution in [0.1, 0.15) is 18.4 Å². The van der Waals surface area contributed by atoms with E-state index >= 15 is 0 Å². The molecule has 1 fully saturated rings. The van der Waals surface area contributed by atoms with Crippen molar-refractivity contribution < 1.29 is 14.0 Å². The van der Waals surface area contributed by atoms with Crippen molar-refractivity contribution in [3.05, 3.63) is 54.1 Å². The van der Waals surface area contributed by atoms with E-state index in [9.17, 15) is 14.0 Å². The first-order valence-corrected chi connectivity index (χ1v) is 8.66. The fourth-order valence-corrected chi connectivity index (χ4v) is 3.49. The molecule has 7 heteroatoms. The first-order valence-electron chi connectivity index (χ1n) is 8.66. The van der Waals surface area contributed by atoms with E-state index in [1.165, 1.54) is 12.1 Å². The summed E-state index contributed by atoms with van der Waals surface area (Å²) in [5, 5.41) is 4.29. The number of aromatic nitrogens is 2. The van der Waals surface area contributed by atoms with E-state index in [0.29, 0.717) is 25.9 Å². The van der Waals surface area contributed by atoms with Crippen LogP contribution < -0.4 is 0 Å². The number of amides is 2. The van der Waals surface area contributed by atoms with Gasteiger partial charge in [0.05, 0.1) is 6.42 Å². The molecule has 2 amide bonds. The first kappa shape index (κ1) is 18.1. The van der Waals surface area contributed by atoms with Gasteiger partial charge in [0, 0.05) is 39.6 Å². The summed E-state index contributed by atoms with van der Waals surface area (Å²) in [5.74, 6) is -0.333. The van der Waals surface area contributed by atoms with Gasteiger partial charge in [0.25, 0.3) is 0 Å². The van der Waals surface area contributed by atoms with Gasteiger partial charge in [-0.3, -0.25) is 14.3 Å². The van der Waals surface area contributed by atoms with Crippen LogP contribution in [0.15, 0.2) is 42.7 Å². The van der Waals surface area contributed by atoms with Crippen LogP contribution in [0.3, 0.4) is 0 Å². The van der Waals surface area contributed by atoms with E-state index < -0.39 is 5.54 Å². The van der Waals surface area contributed by atoms with Crippen molar-refractivity contribution >= 4 is 11.8 Å². The lowest BCUT2D eigenvalue weighted by molar-refractivity contribution is -0.145. The summed E-state index contributed by atoms with van der Waals surface area (Å²) in [6.45, 7) is 0.971. The second-order valence-electron chi connectivity index (χ2n) is 6.87. The molecule has 1 aromatic carbocycles. The summed E-state index contributed by atoms with van der Waals surface area (Å²) in [6, 6.07) is 7.77. The van der Waals surface area contributed by atoms with Crippen molar-refractivity contribution in [3.63, 3.8) is 0 Å².